The van der Waals surface area contributed by atoms with Gasteiger partial charge in [0.25, 0.3) is 0 Å². The van der Waals surface area contributed by atoms with Crippen LogP contribution in [0.15, 0.2) is 30.3 Å². The summed E-state index contributed by atoms with van der Waals surface area (Å²) in [6, 6.07) is 10.2. The number of hydrogen-bond donors (Lipinski definition) is 2. The molecular weight excluding hydrogens is 374 g/mol. The lowest BCUT2D eigenvalue weighted by atomic mass is 9.57. The largest absolute Gasteiger partial charge is 0.350 e. The molecule has 0 spiro atoms. The summed E-state index contributed by atoms with van der Waals surface area (Å²) in [6.45, 7) is 11.4. The van der Waals surface area contributed by atoms with E-state index in [0.29, 0.717) is 24.3 Å². The Hall–Kier alpha value is -1.88. The van der Waals surface area contributed by atoms with Gasteiger partial charge >= 0.3 is 0 Å². The van der Waals surface area contributed by atoms with Crippen molar-refractivity contribution >= 4 is 11.8 Å². The van der Waals surface area contributed by atoms with Crippen LogP contribution in [0.25, 0.3) is 0 Å². The normalized spacial score (nSPS) is 32.7. The number of nitrogens with zero attached hydrogens (tertiary/aromatic N) is 1. The van der Waals surface area contributed by atoms with Crippen LogP contribution in [0, 0.1) is 29.6 Å². The van der Waals surface area contributed by atoms with E-state index in [1.807, 2.05) is 30.3 Å². The van der Waals surface area contributed by atoms with Gasteiger partial charge in [-0.15, -0.1) is 0 Å². The van der Waals surface area contributed by atoms with Crippen LogP contribution in [0.5, 0.6) is 0 Å². The Morgan fingerprint density at radius 1 is 1.20 bits per heavy atom. The predicted molar refractivity (Wildman–Crippen MR) is 119 cm³/mol. The van der Waals surface area contributed by atoms with Crippen LogP contribution >= 0.6 is 0 Å². The van der Waals surface area contributed by atoms with Crippen molar-refractivity contribution < 1.29 is 9.59 Å². The first-order valence-electron chi connectivity index (χ1n) is 11.7. The lowest BCUT2D eigenvalue weighted by Crippen LogP contribution is -2.75. The van der Waals surface area contributed by atoms with Crippen molar-refractivity contribution in [2.75, 3.05) is 13.1 Å². The number of nitrogens with one attached hydrogen (secondary N) is 2. The minimum absolute atomic E-state index is 0.00741. The number of fused-ring (bicyclic) bond motifs is 1. The molecule has 0 unspecified atom stereocenters. The molecule has 5 nitrogen and oxygen atoms in total. The highest BCUT2D eigenvalue weighted by molar-refractivity contribution is 5.96. The molecule has 4 aliphatic rings. The summed E-state index contributed by atoms with van der Waals surface area (Å²) in [5.74, 6) is 1.76. The van der Waals surface area contributed by atoms with Gasteiger partial charge in [0, 0.05) is 31.6 Å². The number of amides is 2. The van der Waals surface area contributed by atoms with E-state index in [1.54, 1.807) is 0 Å². The summed E-state index contributed by atoms with van der Waals surface area (Å²) in [6.07, 6.45) is 2.84. The van der Waals surface area contributed by atoms with Crippen LogP contribution in [0.2, 0.25) is 0 Å². The number of hydrogen-bond acceptors (Lipinski definition) is 3. The van der Waals surface area contributed by atoms with Gasteiger partial charge in [-0.25, -0.2) is 0 Å². The van der Waals surface area contributed by atoms with Crippen LogP contribution in [0.4, 0.5) is 0 Å². The van der Waals surface area contributed by atoms with Crippen molar-refractivity contribution in [1.29, 1.82) is 0 Å². The van der Waals surface area contributed by atoms with E-state index in [-0.39, 0.29) is 29.7 Å². The third kappa shape index (κ3) is 3.77. The molecule has 4 bridgehead atoms. The third-order valence-corrected chi connectivity index (χ3v) is 7.40. The number of piperidine rings is 2. The molecule has 1 saturated carbocycles. The highest BCUT2D eigenvalue weighted by Gasteiger charge is 2.67. The Morgan fingerprint density at radius 2 is 1.93 bits per heavy atom. The van der Waals surface area contributed by atoms with E-state index in [9.17, 15) is 9.59 Å². The molecule has 30 heavy (non-hydrogen) atoms. The van der Waals surface area contributed by atoms with Crippen LogP contribution in [-0.2, 0) is 16.1 Å². The molecule has 3 heterocycles. The average Bonchev–Trinajstić information content (AvgIpc) is 2.99. The van der Waals surface area contributed by atoms with Gasteiger partial charge in [0.1, 0.15) is 5.54 Å². The molecular formula is C25H37N3O2. The Bertz CT molecular complexity index is 778. The Labute approximate surface area is 181 Å². The van der Waals surface area contributed by atoms with Crippen LogP contribution in [0.1, 0.15) is 52.5 Å². The summed E-state index contributed by atoms with van der Waals surface area (Å²) in [7, 11) is 0. The molecule has 5 atom stereocenters. The minimum Gasteiger partial charge on any atom is -0.350 e. The number of carbonyl (C=O) groups is 2. The van der Waals surface area contributed by atoms with Crippen LogP contribution < -0.4 is 10.6 Å². The van der Waals surface area contributed by atoms with E-state index < -0.39 is 5.54 Å². The summed E-state index contributed by atoms with van der Waals surface area (Å²) in [4.78, 5) is 29.3. The van der Waals surface area contributed by atoms with E-state index >= 15 is 0 Å². The monoisotopic (exact) mass is 411 g/mol. The van der Waals surface area contributed by atoms with Gasteiger partial charge in [0.15, 0.2) is 0 Å². The summed E-state index contributed by atoms with van der Waals surface area (Å²) < 4.78 is 0. The van der Waals surface area contributed by atoms with Gasteiger partial charge in [-0.3, -0.25) is 14.5 Å². The highest BCUT2D eigenvalue weighted by Crippen LogP contribution is 2.54. The maximum absolute atomic E-state index is 13.7. The van der Waals surface area contributed by atoms with E-state index in [1.165, 1.54) is 0 Å². The quantitative estimate of drug-likeness (QED) is 0.691. The maximum atomic E-state index is 13.7. The summed E-state index contributed by atoms with van der Waals surface area (Å²) in [5.41, 5.74) is 0.317. The van der Waals surface area contributed by atoms with Gasteiger partial charge in [-0.2, -0.15) is 0 Å². The molecule has 1 aliphatic carbocycles. The first-order chi connectivity index (χ1) is 14.3. The highest BCUT2D eigenvalue weighted by atomic mass is 16.2. The Morgan fingerprint density at radius 3 is 2.60 bits per heavy atom. The Balaban J connectivity index is 1.61. The molecule has 1 aromatic rings. The molecule has 0 aromatic heterocycles. The zero-order chi connectivity index (χ0) is 21.5. The molecule has 3 aliphatic heterocycles. The second-order valence-electron chi connectivity index (χ2n) is 10.5. The second kappa shape index (κ2) is 8.33. The third-order valence-electron chi connectivity index (χ3n) is 7.40. The maximum Gasteiger partial charge on any atom is 0.246 e. The lowest BCUT2D eigenvalue weighted by Gasteiger charge is -2.55. The molecule has 4 fully saturated rings. The smallest absolute Gasteiger partial charge is 0.246 e. The molecule has 5 heteroatoms. The van der Waals surface area contributed by atoms with Crippen molar-refractivity contribution in [3.8, 4) is 0 Å². The number of rotatable bonds is 8. The molecule has 0 radical (unpaired) electrons. The van der Waals surface area contributed by atoms with Crippen molar-refractivity contribution in [3.05, 3.63) is 35.9 Å². The fraction of sp³-hybridized carbons (Fsp3) is 0.680. The summed E-state index contributed by atoms with van der Waals surface area (Å²) >= 11 is 0. The molecule has 2 N–H and O–H groups in total. The fourth-order valence-corrected chi connectivity index (χ4v) is 6.26. The van der Waals surface area contributed by atoms with Gasteiger partial charge in [-0.05, 0) is 36.2 Å². The topological polar surface area (TPSA) is 61.4 Å². The van der Waals surface area contributed by atoms with Crippen molar-refractivity contribution in [1.82, 2.24) is 15.5 Å². The van der Waals surface area contributed by atoms with Gasteiger partial charge in [-0.1, -0.05) is 64.4 Å². The molecule has 5 rings (SSSR count). The van der Waals surface area contributed by atoms with E-state index in [2.05, 4.69) is 43.2 Å². The van der Waals surface area contributed by atoms with Crippen LogP contribution in [-0.4, -0.2) is 41.4 Å². The minimum atomic E-state index is -0.767. The van der Waals surface area contributed by atoms with Gasteiger partial charge < -0.3 is 10.6 Å². The predicted octanol–water partition coefficient (Wildman–Crippen LogP) is 3.20. The number of carbonyl (C=O) groups excluding carboxylic acids is 2. The van der Waals surface area contributed by atoms with Crippen molar-refractivity contribution in [2.24, 2.45) is 29.6 Å². The fourth-order valence-electron chi connectivity index (χ4n) is 6.26. The zero-order valence-corrected chi connectivity index (χ0v) is 18.9. The van der Waals surface area contributed by atoms with E-state index in [4.69, 9.17) is 0 Å². The van der Waals surface area contributed by atoms with Crippen molar-refractivity contribution in [2.45, 2.75) is 65.1 Å². The van der Waals surface area contributed by atoms with Crippen molar-refractivity contribution in [3.63, 3.8) is 0 Å². The molecule has 164 valence electrons. The van der Waals surface area contributed by atoms with Gasteiger partial charge in [0.2, 0.25) is 11.8 Å². The second-order valence-corrected chi connectivity index (χ2v) is 10.5. The summed E-state index contributed by atoms with van der Waals surface area (Å²) in [5, 5.41) is 6.41. The Kier molecular flexibility index (Phi) is 5.93. The SMILES string of the molecule is CC(C)CC[C@H]1[C@@H]2[C@@H]3C(=O)N[C@@]1(C(=O)NCc1ccccc1)C[C@@H]3CN2CC(C)C. The van der Waals surface area contributed by atoms with E-state index in [0.717, 1.165) is 37.9 Å². The standard InChI is InChI=1S/C25H37N3O2/c1-16(2)10-11-20-22-21-19(15-28(22)14-17(3)4)12-25(20,27-23(21)29)24(30)26-13-18-8-6-5-7-9-18/h5-9,16-17,19-22H,10-15H2,1-4H3,(H,26,30)(H,27,29)/t19-,20+,21-,22-,25+/m1/s1. The number of likely N-dealkylation sites (tertiary alicyclic amines) is 1. The molecule has 2 amide bonds. The molecule has 3 saturated heterocycles. The number of benzene rings is 1. The van der Waals surface area contributed by atoms with Crippen LogP contribution in [0.3, 0.4) is 0 Å². The average molecular weight is 412 g/mol. The first-order valence-corrected chi connectivity index (χ1v) is 11.7. The first kappa shape index (κ1) is 21.4. The lowest BCUT2D eigenvalue weighted by molar-refractivity contribution is -0.155. The molecule has 1 aromatic carbocycles. The zero-order valence-electron chi connectivity index (χ0n) is 18.9. The van der Waals surface area contributed by atoms with Gasteiger partial charge in [0.05, 0.1) is 5.92 Å².